The molecule has 2 aliphatic rings. The van der Waals surface area contributed by atoms with Crippen LogP contribution in [-0.4, -0.2) is 53.3 Å². The van der Waals surface area contributed by atoms with Crippen LogP contribution in [0.5, 0.6) is 0 Å². The van der Waals surface area contributed by atoms with E-state index in [0.717, 1.165) is 66.9 Å². The van der Waals surface area contributed by atoms with Crippen LogP contribution in [0.2, 0.25) is 0 Å². The van der Waals surface area contributed by atoms with Crippen LogP contribution >= 0.6 is 11.3 Å². The van der Waals surface area contributed by atoms with Gasteiger partial charge in [-0.15, -0.1) is 11.3 Å². The minimum absolute atomic E-state index is 0.0761. The average molecular weight is 469 g/mol. The highest BCUT2D eigenvalue weighted by Gasteiger charge is 2.29. The zero-order valence-electron chi connectivity index (χ0n) is 19.3. The maximum Gasteiger partial charge on any atom is 0.263 e. The number of nitrogens with one attached hydrogen (secondary N) is 1. The average Bonchev–Trinajstić information content (AvgIpc) is 3.33. The van der Waals surface area contributed by atoms with Crippen molar-refractivity contribution in [1.82, 2.24) is 15.3 Å². The number of nitrogens with zero attached hydrogens (tertiary/aromatic N) is 3. The number of rotatable bonds is 3. The molecule has 0 aromatic carbocycles. The van der Waals surface area contributed by atoms with E-state index in [4.69, 9.17) is 21.6 Å². The van der Waals surface area contributed by atoms with Gasteiger partial charge in [-0.05, 0) is 55.9 Å². The Balaban J connectivity index is 0.00000126. The number of fused-ring (bicyclic) bond motifs is 2. The molecule has 9 heteroatoms. The molecule has 0 bridgehead atoms. The fourth-order valence-electron chi connectivity index (χ4n) is 4.59. The van der Waals surface area contributed by atoms with E-state index in [0.29, 0.717) is 16.5 Å². The van der Waals surface area contributed by atoms with E-state index in [1.165, 1.54) is 16.9 Å². The van der Waals surface area contributed by atoms with Crippen LogP contribution in [0.15, 0.2) is 24.3 Å². The topological polar surface area (TPSA) is 130 Å². The molecule has 6 N–H and O–H groups in total. The standard InChI is InChI=1S/C23H28N6OS.CH4O/c1-12-10-29(11-17(12)24)19-8-4-14-9-15(5-7-18(14)28-19)27-22(30)21-20(25)16-6-3-13(2)26-23(16)31-21;1-2/h3-4,6,8,12,15,17H,5,7,9-11,24-25H2,1-2H3,(H,27,30);2H,1H3. The minimum atomic E-state index is -0.115. The molecule has 33 heavy (non-hydrogen) atoms. The molecular formula is C24H32N6O2S. The van der Waals surface area contributed by atoms with Crippen LogP contribution < -0.4 is 21.7 Å². The highest BCUT2D eigenvalue weighted by Crippen LogP contribution is 2.33. The van der Waals surface area contributed by atoms with Crippen LogP contribution in [0.25, 0.3) is 10.2 Å². The molecule has 0 spiro atoms. The van der Waals surface area contributed by atoms with Gasteiger partial charge >= 0.3 is 0 Å². The summed E-state index contributed by atoms with van der Waals surface area (Å²) < 4.78 is 0. The van der Waals surface area contributed by atoms with Gasteiger partial charge in [0.1, 0.15) is 15.5 Å². The van der Waals surface area contributed by atoms with Gasteiger partial charge in [-0.25, -0.2) is 9.97 Å². The van der Waals surface area contributed by atoms with Crippen LogP contribution in [0.3, 0.4) is 0 Å². The number of carbonyl (C=O) groups excluding carboxylic acids is 1. The lowest BCUT2D eigenvalue weighted by atomic mass is 9.91. The number of hydrogen-bond donors (Lipinski definition) is 4. The predicted molar refractivity (Wildman–Crippen MR) is 134 cm³/mol. The van der Waals surface area contributed by atoms with Gasteiger partial charge in [-0.2, -0.15) is 0 Å². The Kier molecular flexibility index (Phi) is 6.83. The van der Waals surface area contributed by atoms with E-state index in [-0.39, 0.29) is 18.0 Å². The summed E-state index contributed by atoms with van der Waals surface area (Å²) in [6.45, 7) is 5.94. The number of thiophene rings is 1. The Labute approximate surface area is 198 Å². The number of hydrogen-bond acceptors (Lipinski definition) is 8. The van der Waals surface area contributed by atoms with Crippen LogP contribution in [0, 0.1) is 12.8 Å². The molecule has 1 fully saturated rings. The molecule has 0 radical (unpaired) electrons. The summed E-state index contributed by atoms with van der Waals surface area (Å²) >= 11 is 1.36. The zero-order valence-corrected chi connectivity index (χ0v) is 20.2. The molecule has 4 heterocycles. The van der Waals surface area contributed by atoms with Crippen molar-refractivity contribution < 1.29 is 9.90 Å². The molecule has 5 rings (SSSR count). The molecule has 8 nitrogen and oxygen atoms in total. The first-order valence-corrected chi connectivity index (χ1v) is 12.1. The quantitative estimate of drug-likeness (QED) is 0.464. The molecule has 3 aromatic heterocycles. The third-order valence-corrected chi connectivity index (χ3v) is 7.63. The molecule has 1 aliphatic heterocycles. The van der Waals surface area contributed by atoms with E-state index in [9.17, 15) is 4.79 Å². The van der Waals surface area contributed by atoms with Gasteiger partial charge in [0.15, 0.2) is 0 Å². The third-order valence-electron chi connectivity index (χ3n) is 6.52. The van der Waals surface area contributed by atoms with Crippen molar-refractivity contribution >= 4 is 39.0 Å². The third kappa shape index (κ3) is 4.66. The van der Waals surface area contributed by atoms with Gasteiger partial charge in [0.05, 0.1) is 5.69 Å². The number of aliphatic hydroxyl groups excluding tert-OH is 1. The van der Waals surface area contributed by atoms with E-state index >= 15 is 0 Å². The van der Waals surface area contributed by atoms with Crippen molar-refractivity contribution in [2.75, 3.05) is 30.8 Å². The van der Waals surface area contributed by atoms with Gasteiger partial charge in [-0.3, -0.25) is 4.79 Å². The number of pyridine rings is 2. The Morgan fingerprint density at radius 3 is 2.73 bits per heavy atom. The molecular weight excluding hydrogens is 436 g/mol. The smallest absolute Gasteiger partial charge is 0.263 e. The van der Waals surface area contributed by atoms with Crippen LogP contribution in [0.1, 0.15) is 40.0 Å². The molecule has 3 atom stereocenters. The lowest BCUT2D eigenvalue weighted by Gasteiger charge is -2.26. The monoisotopic (exact) mass is 468 g/mol. The van der Waals surface area contributed by atoms with Gasteiger partial charge in [-0.1, -0.05) is 13.0 Å². The van der Waals surface area contributed by atoms with Crippen molar-refractivity contribution in [2.24, 2.45) is 11.7 Å². The normalized spacial score (nSPS) is 22.0. The Bertz CT molecular complexity index is 1150. The van der Waals surface area contributed by atoms with E-state index in [1.54, 1.807) is 0 Å². The second-order valence-electron chi connectivity index (χ2n) is 8.88. The maximum absolute atomic E-state index is 12.9. The number of anilines is 2. The first-order chi connectivity index (χ1) is 15.9. The lowest BCUT2D eigenvalue weighted by Crippen LogP contribution is -2.39. The molecule has 3 unspecified atom stereocenters. The maximum atomic E-state index is 12.9. The van der Waals surface area contributed by atoms with Gasteiger partial charge in [0.25, 0.3) is 5.91 Å². The van der Waals surface area contributed by atoms with Crippen LogP contribution in [-0.2, 0) is 12.8 Å². The lowest BCUT2D eigenvalue weighted by molar-refractivity contribution is 0.0938. The number of amides is 1. The number of nitrogen functional groups attached to an aromatic ring is 1. The summed E-state index contributed by atoms with van der Waals surface area (Å²) in [6, 6.07) is 8.39. The molecule has 176 valence electrons. The number of aryl methyl sites for hydroxylation is 2. The van der Waals surface area contributed by atoms with Crippen LogP contribution in [0.4, 0.5) is 11.5 Å². The summed E-state index contributed by atoms with van der Waals surface area (Å²) in [4.78, 5) is 26.0. The molecule has 0 saturated carbocycles. The fraction of sp³-hybridized carbons (Fsp3) is 0.458. The molecule has 1 saturated heterocycles. The number of aliphatic hydroxyl groups is 1. The fourth-order valence-corrected chi connectivity index (χ4v) is 5.63. The van der Waals surface area contributed by atoms with Crippen molar-refractivity contribution in [3.05, 3.63) is 46.1 Å². The van der Waals surface area contributed by atoms with E-state index in [2.05, 4.69) is 34.3 Å². The highest BCUT2D eigenvalue weighted by molar-refractivity contribution is 7.21. The summed E-state index contributed by atoms with van der Waals surface area (Å²) in [5.41, 5.74) is 16.2. The van der Waals surface area contributed by atoms with E-state index in [1.807, 2.05) is 19.1 Å². The molecule has 3 aromatic rings. The first kappa shape index (κ1) is 23.4. The van der Waals surface area contributed by atoms with Gasteiger partial charge in [0, 0.05) is 49.1 Å². The summed E-state index contributed by atoms with van der Waals surface area (Å²) in [7, 11) is 1.00. The van der Waals surface area contributed by atoms with Crippen molar-refractivity contribution in [3.63, 3.8) is 0 Å². The van der Waals surface area contributed by atoms with Gasteiger partial charge in [0.2, 0.25) is 0 Å². The second-order valence-corrected chi connectivity index (χ2v) is 9.88. The summed E-state index contributed by atoms with van der Waals surface area (Å²) in [5, 5.41) is 11.0. The second kappa shape index (κ2) is 9.62. The Hall–Kier alpha value is -2.75. The number of aromatic nitrogens is 2. The largest absolute Gasteiger partial charge is 0.400 e. The molecule has 1 amide bonds. The minimum Gasteiger partial charge on any atom is -0.400 e. The van der Waals surface area contributed by atoms with Gasteiger partial charge < -0.3 is 26.8 Å². The zero-order chi connectivity index (χ0) is 23.7. The Morgan fingerprint density at radius 2 is 2.00 bits per heavy atom. The number of nitrogens with two attached hydrogens (primary N) is 2. The summed E-state index contributed by atoms with van der Waals surface area (Å²) in [5.74, 6) is 1.39. The van der Waals surface area contributed by atoms with Crippen molar-refractivity contribution in [3.8, 4) is 0 Å². The predicted octanol–water partition coefficient (Wildman–Crippen LogP) is 2.26. The highest BCUT2D eigenvalue weighted by atomic mass is 32.1. The van der Waals surface area contributed by atoms with Crippen molar-refractivity contribution in [2.45, 2.75) is 45.2 Å². The number of carbonyl (C=O) groups is 1. The Morgan fingerprint density at radius 1 is 1.21 bits per heavy atom. The molecule has 1 aliphatic carbocycles. The van der Waals surface area contributed by atoms with Crippen molar-refractivity contribution in [1.29, 1.82) is 0 Å². The summed E-state index contributed by atoms with van der Waals surface area (Å²) in [6.07, 6.45) is 2.51. The first-order valence-electron chi connectivity index (χ1n) is 11.3. The SMILES string of the molecule is CO.Cc1ccc2c(N)c(C(=O)NC3CCc4nc(N5CC(C)C(N)C5)ccc4C3)sc2n1. The van der Waals surface area contributed by atoms with E-state index < -0.39 is 0 Å².